The van der Waals surface area contributed by atoms with Gasteiger partial charge >= 0.3 is 20.2 Å². The second-order valence-electron chi connectivity index (χ2n) is 8.34. The maximum Gasteiger partial charge on any atom is 0.351 e. The van der Waals surface area contributed by atoms with Gasteiger partial charge in [-0.05, 0) is 38.5 Å². The van der Waals surface area contributed by atoms with Crippen LogP contribution in [0.4, 0.5) is 10.2 Å². The summed E-state index contributed by atoms with van der Waals surface area (Å²) in [7, 11) is -1.77. The highest BCUT2D eigenvalue weighted by Crippen LogP contribution is 2.39. The van der Waals surface area contributed by atoms with E-state index in [-0.39, 0.29) is 18.4 Å². The zero-order chi connectivity index (χ0) is 26.7. The molecule has 0 bridgehead atoms. The van der Waals surface area contributed by atoms with E-state index in [1.807, 2.05) is 52.8 Å². The predicted octanol–water partition coefficient (Wildman–Crippen LogP) is 4.12. The zero-order valence-electron chi connectivity index (χ0n) is 21.3. The molecule has 200 valence electrons. The fourth-order valence-corrected chi connectivity index (χ4v) is 4.55. The second kappa shape index (κ2) is 14.2. The minimum atomic E-state index is -1.77. The second-order valence-corrected chi connectivity index (χ2v) is 9.55. The zero-order valence-corrected chi connectivity index (χ0v) is 22.2. The van der Waals surface area contributed by atoms with Crippen LogP contribution in [0, 0.1) is 0 Å². The van der Waals surface area contributed by atoms with E-state index in [9.17, 15) is 14.0 Å². The first-order chi connectivity index (χ1) is 17.2. The Bertz CT molecular complexity index is 1010. The van der Waals surface area contributed by atoms with Crippen molar-refractivity contribution >= 4 is 20.3 Å². The first kappa shape index (κ1) is 29.6. The van der Waals surface area contributed by atoms with Crippen LogP contribution >= 0.6 is 8.53 Å². The summed E-state index contributed by atoms with van der Waals surface area (Å²) in [5.74, 6) is 0.216. The van der Waals surface area contributed by atoms with Gasteiger partial charge < -0.3 is 24.3 Å². The number of nitrogens with zero attached hydrogens (tertiary/aromatic N) is 2. The molecule has 4 atom stereocenters. The van der Waals surface area contributed by atoms with Crippen molar-refractivity contribution in [2.24, 2.45) is 0 Å². The molecule has 0 amide bonds. The number of aromatic nitrogens is 2. The molecule has 3 N–H and O–H groups in total. The normalized spacial score (nSPS) is 18.9. The lowest BCUT2D eigenvalue weighted by molar-refractivity contribution is -0.147. The Morgan fingerprint density at radius 3 is 2.53 bits per heavy atom. The van der Waals surface area contributed by atoms with Crippen molar-refractivity contribution in [2.75, 3.05) is 19.0 Å². The molecule has 3 rings (SSSR count). The van der Waals surface area contributed by atoms with Gasteiger partial charge in [0.1, 0.15) is 29.9 Å². The van der Waals surface area contributed by atoms with Crippen LogP contribution in [0.25, 0.3) is 0 Å². The molecule has 1 saturated heterocycles. The molecule has 0 spiro atoms. The molecular weight excluding hydrogens is 490 g/mol. The number of carbonyl (C=O) groups excluding carboxylic acids is 1. The molecule has 1 aromatic carbocycles. The maximum atomic E-state index is 13.7. The summed E-state index contributed by atoms with van der Waals surface area (Å²) in [6, 6.07) is 9.82. The number of nitrogens with one attached hydrogen (secondary N) is 1. The summed E-state index contributed by atoms with van der Waals surface area (Å²) in [4.78, 5) is 28.0. The molecule has 2 heterocycles. The van der Waals surface area contributed by atoms with Crippen LogP contribution < -0.4 is 21.0 Å². The lowest BCUT2D eigenvalue weighted by Gasteiger charge is -2.26. The summed E-state index contributed by atoms with van der Waals surface area (Å²) in [6.45, 7) is 8.59. The fraction of sp³-hybridized carbons (Fsp3) is 0.542. The molecule has 0 radical (unpaired) electrons. The molecule has 36 heavy (non-hydrogen) atoms. The number of ether oxygens (including phenoxy) is 2. The van der Waals surface area contributed by atoms with Crippen LogP contribution in [0.1, 0.15) is 53.7 Å². The van der Waals surface area contributed by atoms with Crippen molar-refractivity contribution < 1.29 is 27.7 Å². The molecule has 12 heteroatoms. The minimum absolute atomic E-state index is 0.0286. The van der Waals surface area contributed by atoms with E-state index < -0.39 is 44.9 Å². The summed E-state index contributed by atoms with van der Waals surface area (Å²) >= 11 is 0. The van der Waals surface area contributed by atoms with Crippen molar-refractivity contribution in [3.05, 3.63) is 53.1 Å². The van der Waals surface area contributed by atoms with Crippen molar-refractivity contribution in [1.29, 1.82) is 0 Å². The number of alkyl halides is 1. The van der Waals surface area contributed by atoms with Crippen LogP contribution in [-0.2, 0) is 18.8 Å². The Balaban J connectivity index is 0.00000222. The predicted molar refractivity (Wildman–Crippen MR) is 136 cm³/mol. The topological polar surface area (TPSA) is 127 Å². The Morgan fingerprint density at radius 2 is 1.97 bits per heavy atom. The van der Waals surface area contributed by atoms with Crippen LogP contribution in [0.2, 0.25) is 0 Å². The highest BCUT2D eigenvalue weighted by atomic mass is 31.2. The van der Waals surface area contributed by atoms with Gasteiger partial charge in [-0.25, -0.2) is 14.3 Å². The lowest BCUT2D eigenvalue weighted by atomic mass is 10.0. The van der Waals surface area contributed by atoms with Crippen LogP contribution in [0.5, 0.6) is 5.75 Å². The molecule has 1 fully saturated rings. The number of nitrogen functional groups attached to an aromatic ring is 1. The maximum absolute atomic E-state index is 13.7. The van der Waals surface area contributed by atoms with Gasteiger partial charge in [0.2, 0.25) is 0 Å². The number of para-hydroxylation sites is 1. The molecule has 0 saturated carbocycles. The van der Waals surface area contributed by atoms with Gasteiger partial charge in [0.05, 0.1) is 12.7 Å². The number of anilines is 1. The average molecular weight is 527 g/mol. The Kier molecular flexibility index (Phi) is 11.7. The number of esters is 1. The average Bonchev–Trinajstić information content (AvgIpc) is 3.12. The third kappa shape index (κ3) is 8.81. The van der Waals surface area contributed by atoms with Crippen molar-refractivity contribution in [2.45, 2.75) is 71.4 Å². The van der Waals surface area contributed by atoms with E-state index in [4.69, 9.17) is 24.3 Å². The van der Waals surface area contributed by atoms with Gasteiger partial charge in [0.15, 0.2) is 6.23 Å². The highest BCUT2D eigenvalue weighted by Gasteiger charge is 2.42. The smallest absolute Gasteiger partial charge is 0.351 e. The Hall–Kier alpha value is -2.59. The number of halogens is 1. The highest BCUT2D eigenvalue weighted by molar-refractivity contribution is 7.45. The standard InChI is InChI=1S/C22H30FN4O6P.C2H6/c1-4-15(31-19(13-23)27-11-10-18(24)25-21(27)29)14-30-34(33-16-8-6-5-7-9-16)26-17-12-22(2,3)32-20(17)28;1-2/h5-11,15,17,19,26H,4,12-14H2,1-3H3,(H2,24,25,29);1-2H3. The molecular formula is C24H36FN4O6P. The van der Waals surface area contributed by atoms with E-state index in [0.29, 0.717) is 18.6 Å². The minimum Gasteiger partial charge on any atom is -0.458 e. The van der Waals surface area contributed by atoms with Crippen LogP contribution in [0.15, 0.2) is 47.4 Å². The molecule has 1 aromatic heterocycles. The van der Waals surface area contributed by atoms with E-state index >= 15 is 0 Å². The van der Waals surface area contributed by atoms with Gasteiger partial charge in [-0.3, -0.25) is 9.36 Å². The van der Waals surface area contributed by atoms with E-state index in [1.165, 1.54) is 12.3 Å². The van der Waals surface area contributed by atoms with Crippen molar-refractivity contribution in [3.63, 3.8) is 0 Å². The van der Waals surface area contributed by atoms with Gasteiger partial charge in [0.25, 0.3) is 0 Å². The van der Waals surface area contributed by atoms with E-state index in [1.54, 1.807) is 12.1 Å². The number of rotatable bonds is 12. The van der Waals surface area contributed by atoms with Gasteiger partial charge in [-0.2, -0.15) is 4.98 Å². The SMILES string of the molecule is CC.CCC(COP(NC1CC(C)(C)OC1=O)Oc1ccccc1)OC(CF)n1ccc(N)nc1=O. The first-order valence-electron chi connectivity index (χ1n) is 11.9. The number of hydrogen-bond donors (Lipinski definition) is 2. The summed E-state index contributed by atoms with van der Waals surface area (Å²) < 4.78 is 37.9. The summed E-state index contributed by atoms with van der Waals surface area (Å²) in [6.07, 6.45) is 0.512. The van der Waals surface area contributed by atoms with Crippen LogP contribution in [-0.4, -0.2) is 46.5 Å². The third-order valence-corrected chi connectivity index (χ3v) is 6.31. The number of carbonyl (C=O) groups is 1. The third-order valence-electron chi connectivity index (χ3n) is 5.03. The molecule has 10 nitrogen and oxygen atoms in total. The number of hydrogen-bond acceptors (Lipinski definition) is 9. The molecule has 4 unspecified atom stereocenters. The largest absolute Gasteiger partial charge is 0.458 e. The van der Waals surface area contributed by atoms with E-state index in [0.717, 1.165) is 4.57 Å². The molecule has 1 aliphatic rings. The van der Waals surface area contributed by atoms with E-state index in [2.05, 4.69) is 10.1 Å². The van der Waals surface area contributed by atoms with Gasteiger partial charge in [0, 0.05) is 12.6 Å². The fourth-order valence-electron chi connectivity index (χ4n) is 3.30. The van der Waals surface area contributed by atoms with Gasteiger partial charge in [-0.1, -0.05) is 39.0 Å². The molecule has 0 aliphatic carbocycles. The monoisotopic (exact) mass is 526 g/mol. The Labute approximate surface area is 212 Å². The van der Waals surface area contributed by atoms with Gasteiger partial charge in [-0.15, -0.1) is 0 Å². The van der Waals surface area contributed by atoms with Crippen molar-refractivity contribution in [1.82, 2.24) is 14.6 Å². The quantitative estimate of drug-likeness (QED) is 0.310. The molecule has 1 aliphatic heterocycles. The van der Waals surface area contributed by atoms with Crippen LogP contribution in [0.3, 0.4) is 0 Å². The number of nitrogens with two attached hydrogens (primary N) is 1. The number of cyclic esters (lactones) is 1. The first-order valence-corrected chi connectivity index (χ1v) is 13.1. The summed E-state index contributed by atoms with van der Waals surface area (Å²) in [5, 5.41) is 3.10. The van der Waals surface area contributed by atoms with Crippen molar-refractivity contribution in [3.8, 4) is 5.75 Å². The number of benzene rings is 1. The lowest BCUT2D eigenvalue weighted by Crippen LogP contribution is -2.34. The molecule has 2 aromatic rings. The Morgan fingerprint density at radius 1 is 1.28 bits per heavy atom. The summed E-state index contributed by atoms with van der Waals surface area (Å²) in [5.41, 5.74) is 4.20.